The Kier molecular flexibility index (Phi) is 2.59. The van der Waals surface area contributed by atoms with Crippen molar-refractivity contribution in [1.82, 2.24) is 4.98 Å². The van der Waals surface area contributed by atoms with Crippen LogP contribution in [0.4, 0.5) is 5.69 Å². The first-order valence-corrected chi connectivity index (χ1v) is 6.09. The van der Waals surface area contributed by atoms with Gasteiger partial charge in [-0.2, -0.15) is 0 Å². The summed E-state index contributed by atoms with van der Waals surface area (Å²) >= 11 is 0. The van der Waals surface area contributed by atoms with Crippen LogP contribution in [0.1, 0.15) is 34.0 Å². The zero-order valence-electron chi connectivity index (χ0n) is 9.97. The van der Waals surface area contributed by atoms with E-state index in [1.54, 1.807) is 30.5 Å². The number of nitrogens with two attached hydrogens (primary N) is 1. The molecule has 2 aromatic rings. The number of rotatable bonds is 2. The molecule has 0 saturated carbocycles. The zero-order chi connectivity index (χ0) is 12.5. The summed E-state index contributed by atoms with van der Waals surface area (Å²) in [7, 11) is 0. The third-order valence-corrected chi connectivity index (χ3v) is 3.47. The molecule has 18 heavy (non-hydrogen) atoms. The van der Waals surface area contributed by atoms with Gasteiger partial charge in [0, 0.05) is 17.4 Å². The molecule has 1 aliphatic rings. The number of nitrogen functional groups attached to an aromatic ring is 1. The first kappa shape index (κ1) is 11.0. The van der Waals surface area contributed by atoms with Gasteiger partial charge in [0.2, 0.25) is 0 Å². The molecule has 1 unspecified atom stereocenters. The van der Waals surface area contributed by atoms with Crippen molar-refractivity contribution in [3.63, 3.8) is 0 Å². The highest BCUT2D eigenvalue weighted by Crippen LogP contribution is 2.33. The van der Waals surface area contributed by atoms with Gasteiger partial charge in [-0.25, -0.2) is 0 Å². The maximum Gasteiger partial charge on any atom is 0.171 e. The molecule has 0 radical (unpaired) electrons. The van der Waals surface area contributed by atoms with Gasteiger partial charge in [-0.1, -0.05) is 6.07 Å². The highest BCUT2D eigenvalue weighted by atomic mass is 16.1. The van der Waals surface area contributed by atoms with Crippen LogP contribution >= 0.6 is 0 Å². The van der Waals surface area contributed by atoms with Gasteiger partial charge in [-0.05, 0) is 48.7 Å². The van der Waals surface area contributed by atoms with Crippen LogP contribution in [0.3, 0.4) is 0 Å². The number of nitrogens with zero attached hydrogens (tertiary/aromatic N) is 1. The predicted octanol–water partition coefficient (Wildman–Crippen LogP) is 2.58. The first-order chi connectivity index (χ1) is 8.75. The molecule has 0 aliphatic heterocycles. The van der Waals surface area contributed by atoms with Gasteiger partial charge in [-0.15, -0.1) is 0 Å². The van der Waals surface area contributed by atoms with Gasteiger partial charge < -0.3 is 5.73 Å². The van der Waals surface area contributed by atoms with Gasteiger partial charge in [0.15, 0.2) is 5.78 Å². The molecule has 0 saturated heterocycles. The number of carbonyl (C=O) groups excluding carboxylic acids is 1. The van der Waals surface area contributed by atoms with Crippen LogP contribution in [-0.2, 0) is 6.42 Å². The van der Waals surface area contributed by atoms with E-state index in [-0.39, 0.29) is 11.7 Å². The van der Waals surface area contributed by atoms with Crippen LogP contribution in [0, 0.1) is 0 Å². The van der Waals surface area contributed by atoms with Crippen molar-refractivity contribution in [2.45, 2.75) is 18.8 Å². The lowest BCUT2D eigenvalue weighted by Gasteiger charge is -2.09. The minimum absolute atomic E-state index is 0.0928. The van der Waals surface area contributed by atoms with Crippen molar-refractivity contribution in [3.05, 3.63) is 59.4 Å². The fraction of sp³-hybridized carbons (Fsp3) is 0.200. The highest BCUT2D eigenvalue weighted by molar-refractivity contribution is 6.01. The largest absolute Gasteiger partial charge is 0.399 e. The average Bonchev–Trinajstić information content (AvgIpc) is 2.82. The predicted molar refractivity (Wildman–Crippen MR) is 70.5 cm³/mol. The number of carbonyl (C=O) groups is 1. The lowest BCUT2D eigenvalue weighted by molar-refractivity contribution is 0.0958. The smallest absolute Gasteiger partial charge is 0.171 e. The van der Waals surface area contributed by atoms with E-state index in [1.165, 1.54) is 5.56 Å². The number of pyridine rings is 1. The van der Waals surface area contributed by atoms with Crippen LogP contribution in [0.25, 0.3) is 0 Å². The Labute approximate surface area is 106 Å². The number of aromatic nitrogens is 1. The molecule has 3 nitrogen and oxygen atoms in total. The number of hydrogen-bond donors (Lipinski definition) is 1. The van der Waals surface area contributed by atoms with Crippen molar-refractivity contribution in [2.75, 3.05) is 5.73 Å². The number of Topliss-reactive ketones (excluding diaryl/α,β-unsaturated/α-hetero) is 1. The summed E-state index contributed by atoms with van der Waals surface area (Å²) < 4.78 is 0. The second-order valence-corrected chi connectivity index (χ2v) is 4.63. The molecule has 1 aromatic heterocycles. The monoisotopic (exact) mass is 238 g/mol. The summed E-state index contributed by atoms with van der Waals surface area (Å²) in [4.78, 5) is 16.8. The molecule has 1 aliphatic carbocycles. The molecule has 1 atom stereocenters. The van der Waals surface area contributed by atoms with Crippen molar-refractivity contribution >= 4 is 11.5 Å². The van der Waals surface area contributed by atoms with Crippen LogP contribution in [0.15, 0.2) is 42.6 Å². The quantitative estimate of drug-likeness (QED) is 0.646. The minimum Gasteiger partial charge on any atom is -0.399 e. The number of anilines is 1. The Balaban J connectivity index is 1.93. The zero-order valence-corrected chi connectivity index (χ0v) is 9.97. The molecule has 0 spiro atoms. The Morgan fingerprint density at radius 2 is 2.00 bits per heavy atom. The number of aryl methyl sites for hydroxylation is 1. The van der Waals surface area contributed by atoms with Gasteiger partial charge in [0.25, 0.3) is 0 Å². The molecule has 1 aromatic carbocycles. The summed E-state index contributed by atoms with van der Waals surface area (Å²) in [6.07, 6.45) is 3.55. The molecular formula is C15H14N2O. The summed E-state index contributed by atoms with van der Waals surface area (Å²) in [6, 6.07) is 11.1. The van der Waals surface area contributed by atoms with E-state index in [9.17, 15) is 4.79 Å². The molecular weight excluding hydrogens is 224 g/mol. The maximum absolute atomic E-state index is 12.4. The topological polar surface area (TPSA) is 56.0 Å². The number of benzene rings is 1. The Morgan fingerprint density at radius 1 is 1.22 bits per heavy atom. The minimum atomic E-state index is -0.0928. The number of hydrogen-bond acceptors (Lipinski definition) is 3. The first-order valence-electron chi connectivity index (χ1n) is 6.09. The van der Waals surface area contributed by atoms with Crippen molar-refractivity contribution in [1.29, 1.82) is 0 Å². The third kappa shape index (κ3) is 1.78. The molecule has 3 rings (SSSR count). The number of fused-ring (bicyclic) bond motifs is 1. The lowest BCUT2D eigenvalue weighted by atomic mass is 9.95. The average molecular weight is 238 g/mol. The summed E-state index contributed by atoms with van der Waals surface area (Å²) in [6.45, 7) is 0. The molecule has 90 valence electrons. The fourth-order valence-corrected chi connectivity index (χ4v) is 2.52. The van der Waals surface area contributed by atoms with Crippen LogP contribution in [0.5, 0.6) is 0 Å². The van der Waals surface area contributed by atoms with Crippen LogP contribution in [0.2, 0.25) is 0 Å². The Bertz CT molecular complexity index is 590. The maximum atomic E-state index is 12.4. The van der Waals surface area contributed by atoms with Crippen molar-refractivity contribution in [3.8, 4) is 0 Å². The van der Waals surface area contributed by atoms with Crippen LogP contribution in [-0.4, -0.2) is 10.8 Å². The van der Waals surface area contributed by atoms with E-state index in [0.717, 1.165) is 18.5 Å². The molecule has 2 N–H and O–H groups in total. The lowest BCUT2D eigenvalue weighted by Crippen LogP contribution is -2.11. The van der Waals surface area contributed by atoms with Gasteiger partial charge in [-0.3, -0.25) is 9.78 Å². The second-order valence-electron chi connectivity index (χ2n) is 4.63. The van der Waals surface area contributed by atoms with Gasteiger partial charge >= 0.3 is 0 Å². The Hall–Kier alpha value is -2.16. The van der Waals surface area contributed by atoms with E-state index < -0.39 is 0 Å². The van der Waals surface area contributed by atoms with E-state index in [0.29, 0.717) is 11.3 Å². The fourth-order valence-electron chi connectivity index (χ4n) is 2.52. The third-order valence-electron chi connectivity index (χ3n) is 3.47. The molecule has 3 heteroatoms. The van der Waals surface area contributed by atoms with E-state index >= 15 is 0 Å². The molecule has 0 bridgehead atoms. The molecule has 1 heterocycles. The second kappa shape index (κ2) is 4.26. The summed E-state index contributed by atoms with van der Waals surface area (Å²) in [5.74, 6) is 0.0530. The van der Waals surface area contributed by atoms with Crippen LogP contribution < -0.4 is 5.73 Å². The molecule has 0 amide bonds. The van der Waals surface area contributed by atoms with E-state index in [4.69, 9.17) is 5.73 Å². The number of ketones is 1. The normalized spacial score (nSPS) is 17.4. The van der Waals surface area contributed by atoms with E-state index in [2.05, 4.69) is 11.1 Å². The van der Waals surface area contributed by atoms with Crippen molar-refractivity contribution in [2.24, 2.45) is 0 Å². The standard InChI is InChI=1S/C15H14N2O/c16-12-6-3-11(4-7-12)15(18)13-8-5-10-2-1-9-17-14(10)13/h1-4,6-7,9,13H,5,8,16H2. The van der Waals surface area contributed by atoms with Gasteiger partial charge in [0.05, 0.1) is 11.6 Å². The highest BCUT2D eigenvalue weighted by Gasteiger charge is 2.30. The summed E-state index contributed by atoms with van der Waals surface area (Å²) in [5, 5.41) is 0. The molecule has 0 fully saturated rings. The van der Waals surface area contributed by atoms with Crippen molar-refractivity contribution < 1.29 is 4.79 Å². The summed E-state index contributed by atoms with van der Waals surface area (Å²) in [5.41, 5.74) is 9.17. The Morgan fingerprint density at radius 3 is 2.78 bits per heavy atom. The van der Waals surface area contributed by atoms with E-state index in [1.807, 2.05) is 6.07 Å². The van der Waals surface area contributed by atoms with Gasteiger partial charge in [0.1, 0.15) is 0 Å². The SMILES string of the molecule is Nc1ccc(C(=O)C2CCc3cccnc32)cc1.